The molecule has 3 heteroatoms. The van der Waals surface area contributed by atoms with Crippen molar-refractivity contribution in [3.05, 3.63) is 23.8 Å². The van der Waals surface area contributed by atoms with Gasteiger partial charge in [0.15, 0.2) is 11.5 Å². The summed E-state index contributed by atoms with van der Waals surface area (Å²) in [6.07, 6.45) is 6.88. The minimum absolute atomic E-state index is 0.201. The van der Waals surface area contributed by atoms with Crippen molar-refractivity contribution in [2.75, 3.05) is 13.7 Å². The van der Waals surface area contributed by atoms with Crippen molar-refractivity contribution >= 4 is 0 Å². The third-order valence-corrected chi connectivity index (χ3v) is 4.44. The van der Waals surface area contributed by atoms with Gasteiger partial charge in [-0.05, 0) is 42.5 Å². The van der Waals surface area contributed by atoms with Gasteiger partial charge in [0.2, 0.25) is 0 Å². The topological polar surface area (TPSA) is 41.5 Å². The van der Waals surface area contributed by atoms with Gasteiger partial charge in [-0.1, -0.05) is 38.7 Å². The monoisotopic (exact) mass is 277 g/mol. The Hall–Kier alpha value is -1.22. The second kappa shape index (κ2) is 7.53. The van der Waals surface area contributed by atoms with Gasteiger partial charge in [0, 0.05) is 6.54 Å². The number of aromatic hydroxyl groups is 1. The van der Waals surface area contributed by atoms with E-state index in [4.69, 9.17) is 4.74 Å². The van der Waals surface area contributed by atoms with E-state index in [1.807, 2.05) is 12.1 Å². The zero-order valence-electron chi connectivity index (χ0n) is 12.7. The molecule has 1 aliphatic rings. The van der Waals surface area contributed by atoms with Crippen LogP contribution in [0.5, 0.6) is 11.5 Å². The van der Waals surface area contributed by atoms with Gasteiger partial charge in [0.1, 0.15) is 0 Å². The molecule has 1 saturated carbocycles. The number of ether oxygens (including phenoxy) is 1. The molecule has 0 spiro atoms. The van der Waals surface area contributed by atoms with E-state index in [1.54, 1.807) is 13.2 Å². The molecule has 0 bridgehead atoms. The molecule has 20 heavy (non-hydrogen) atoms. The van der Waals surface area contributed by atoms with Crippen LogP contribution < -0.4 is 10.1 Å². The van der Waals surface area contributed by atoms with E-state index in [0.717, 1.165) is 30.5 Å². The quantitative estimate of drug-likeness (QED) is 0.779. The van der Waals surface area contributed by atoms with Crippen molar-refractivity contribution in [1.29, 1.82) is 0 Å². The van der Waals surface area contributed by atoms with Crippen molar-refractivity contribution in [3.8, 4) is 11.5 Å². The number of hydrogen-bond donors (Lipinski definition) is 2. The average molecular weight is 277 g/mol. The lowest BCUT2D eigenvalue weighted by Crippen LogP contribution is -2.20. The van der Waals surface area contributed by atoms with Gasteiger partial charge >= 0.3 is 0 Å². The second-order valence-corrected chi connectivity index (χ2v) is 6.10. The first-order valence-electron chi connectivity index (χ1n) is 7.75. The number of phenolic OH excluding ortho intramolecular Hbond substituents is 1. The van der Waals surface area contributed by atoms with E-state index in [1.165, 1.54) is 32.1 Å². The summed E-state index contributed by atoms with van der Waals surface area (Å²) >= 11 is 0. The highest BCUT2D eigenvalue weighted by atomic mass is 16.5. The highest BCUT2D eigenvalue weighted by molar-refractivity contribution is 5.41. The number of rotatable bonds is 6. The lowest BCUT2D eigenvalue weighted by atomic mass is 9.81. The van der Waals surface area contributed by atoms with Crippen LogP contribution in [0.1, 0.15) is 44.6 Å². The van der Waals surface area contributed by atoms with Crippen molar-refractivity contribution in [1.82, 2.24) is 5.32 Å². The van der Waals surface area contributed by atoms with Crippen molar-refractivity contribution in [2.24, 2.45) is 11.8 Å². The Morgan fingerprint density at radius 3 is 2.70 bits per heavy atom. The van der Waals surface area contributed by atoms with Crippen molar-refractivity contribution in [3.63, 3.8) is 0 Å². The Labute approximate surface area is 122 Å². The highest BCUT2D eigenvalue weighted by Crippen LogP contribution is 2.30. The zero-order valence-corrected chi connectivity index (χ0v) is 12.7. The number of phenols is 1. The molecule has 0 heterocycles. The maximum absolute atomic E-state index is 9.55. The van der Waals surface area contributed by atoms with E-state index in [-0.39, 0.29) is 5.75 Å². The highest BCUT2D eigenvalue weighted by Gasteiger charge is 2.17. The molecule has 2 rings (SSSR count). The Morgan fingerprint density at radius 1 is 1.25 bits per heavy atom. The molecule has 0 aliphatic heterocycles. The zero-order chi connectivity index (χ0) is 14.4. The van der Waals surface area contributed by atoms with Gasteiger partial charge in [-0.25, -0.2) is 0 Å². The molecule has 3 nitrogen and oxygen atoms in total. The van der Waals surface area contributed by atoms with Crippen LogP contribution >= 0.6 is 0 Å². The fourth-order valence-corrected chi connectivity index (χ4v) is 2.99. The molecule has 1 aromatic rings. The normalized spacial score (nSPS) is 22.7. The molecule has 0 radical (unpaired) electrons. The Balaban J connectivity index is 1.68. The molecule has 1 aromatic carbocycles. The maximum atomic E-state index is 9.55. The summed E-state index contributed by atoms with van der Waals surface area (Å²) in [4.78, 5) is 0. The summed E-state index contributed by atoms with van der Waals surface area (Å²) in [5.74, 6) is 2.59. The largest absolute Gasteiger partial charge is 0.504 e. The summed E-state index contributed by atoms with van der Waals surface area (Å²) in [6.45, 7) is 4.27. The lowest BCUT2D eigenvalue weighted by molar-refractivity contribution is 0.275. The van der Waals surface area contributed by atoms with Gasteiger partial charge in [0.05, 0.1) is 7.11 Å². The third-order valence-electron chi connectivity index (χ3n) is 4.44. The second-order valence-electron chi connectivity index (χ2n) is 6.10. The Kier molecular flexibility index (Phi) is 5.72. The summed E-state index contributed by atoms with van der Waals surface area (Å²) < 4.78 is 5.12. The van der Waals surface area contributed by atoms with Gasteiger partial charge in [-0.15, -0.1) is 0 Å². The van der Waals surface area contributed by atoms with E-state index < -0.39 is 0 Å². The molecule has 112 valence electrons. The van der Waals surface area contributed by atoms with Crippen LogP contribution in [-0.2, 0) is 6.54 Å². The van der Waals surface area contributed by atoms with E-state index >= 15 is 0 Å². The smallest absolute Gasteiger partial charge is 0.160 e. The standard InChI is InChI=1S/C17H27NO2/c1-13-3-5-14(6-4-13)9-10-18-12-15-7-8-16(19)17(11-15)20-2/h7-8,11,13-14,18-19H,3-6,9-10,12H2,1-2H3. The fourth-order valence-electron chi connectivity index (χ4n) is 2.99. The molecule has 0 unspecified atom stereocenters. The molecule has 0 saturated heterocycles. The average Bonchev–Trinajstić information content (AvgIpc) is 2.47. The lowest BCUT2D eigenvalue weighted by Gasteiger charge is -2.26. The Morgan fingerprint density at radius 2 is 2.00 bits per heavy atom. The van der Waals surface area contributed by atoms with E-state index in [2.05, 4.69) is 12.2 Å². The SMILES string of the molecule is COc1cc(CNCCC2CCC(C)CC2)ccc1O. The van der Waals surface area contributed by atoms with E-state index in [0.29, 0.717) is 5.75 Å². The first kappa shape index (κ1) is 15.2. The van der Waals surface area contributed by atoms with Crippen LogP contribution in [0.2, 0.25) is 0 Å². The molecule has 2 N–H and O–H groups in total. The van der Waals surface area contributed by atoms with Crippen molar-refractivity contribution in [2.45, 2.75) is 45.6 Å². The Bertz CT molecular complexity index is 411. The van der Waals surface area contributed by atoms with Gasteiger partial charge in [-0.2, -0.15) is 0 Å². The number of benzene rings is 1. The number of hydrogen-bond acceptors (Lipinski definition) is 3. The summed E-state index contributed by atoms with van der Waals surface area (Å²) in [5, 5.41) is 13.0. The van der Waals surface area contributed by atoms with Crippen LogP contribution in [0.25, 0.3) is 0 Å². The first-order chi connectivity index (χ1) is 9.69. The van der Waals surface area contributed by atoms with E-state index in [9.17, 15) is 5.11 Å². The molecule has 1 aliphatic carbocycles. The minimum Gasteiger partial charge on any atom is -0.504 e. The predicted octanol–water partition coefficient (Wildman–Crippen LogP) is 3.71. The van der Waals surface area contributed by atoms with Gasteiger partial charge in [-0.3, -0.25) is 0 Å². The van der Waals surface area contributed by atoms with Crippen LogP contribution in [-0.4, -0.2) is 18.8 Å². The van der Waals surface area contributed by atoms with Crippen LogP contribution in [0.15, 0.2) is 18.2 Å². The molecule has 0 atom stereocenters. The van der Waals surface area contributed by atoms with Crippen LogP contribution in [0, 0.1) is 11.8 Å². The third kappa shape index (κ3) is 4.41. The van der Waals surface area contributed by atoms with Crippen LogP contribution in [0.4, 0.5) is 0 Å². The van der Waals surface area contributed by atoms with Crippen LogP contribution in [0.3, 0.4) is 0 Å². The summed E-state index contributed by atoms with van der Waals surface area (Å²) in [5.41, 5.74) is 1.15. The summed E-state index contributed by atoms with van der Waals surface area (Å²) in [6, 6.07) is 5.52. The summed E-state index contributed by atoms with van der Waals surface area (Å²) in [7, 11) is 1.58. The minimum atomic E-state index is 0.201. The van der Waals surface area contributed by atoms with Gasteiger partial charge < -0.3 is 15.2 Å². The molecule has 0 aromatic heterocycles. The number of methoxy groups -OCH3 is 1. The molecular weight excluding hydrogens is 250 g/mol. The fraction of sp³-hybridized carbons (Fsp3) is 0.647. The van der Waals surface area contributed by atoms with Crippen molar-refractivity contribution < 1.29 is 9.84 Å². The predicted molar refractivity (Wildman–Crippen MR) is 82.1 cm³/mol. The first-order valence-corrected chi connectivity index (χ1v) is 7.75. The van der Waals surface area contributed by atoms with Gasteiger partial charge in [0.25, 0.3) is 0 Å². The number of nitrogens with one attached hydrogen (secondary N) is 1. The molecular formula is C17H27NO2. The maximum Gasteiger partial charge on any atom is 0.160 e. The molecule has 0 amide bonds. The molecule has 1 fully saturated rings.